The number of nitrogens with zero attached hydrogens (tertiary/aromatic N) is 2. The third-order valence-electron chi connectivity index (χ3n) is 6.20. The van der Waals surface area contributed by atoms with Crippen LogP contribution in [0, 0.1) is 0 Å². The smallest absolute Gasteiger partial charge is 0.254 e. The van der Waals surface area contributed by atoms with Crippen LogP contribution in [0.5, 0.6) is 17.2 Å². The fourth-order valence-corrected chi connectivity index (χ4v) is 4.43. The van der Waals surface area contributed by atoms with Crippen LogP contribution in [0.1, 0.15) is 35.1 Å². The van der Waals surface area contributed by atoms with Crippen LogP contribution >= 0.6 is 0 Å². The molecule has 2 heterocycles. The van der Waals surface area contributed by atoms with Gasteiger partial charge in [0.05, 0.1) is 21.3 Å². The van der Waals surface area contributed by atoms with Gasteiger partial charge >= 0.3 is 0 Å². The predicted molar refractivity (Wildman–Crippen MR) is 129 cm³/mol. The highest BCUT2D eigenvalue weighted by Crippen LogP contribution is 2.36. The molecule has 7 nitrogen and oxygen atoms in total. The van der Waals surface area contributed by atoms with E-state index in [-0.39, 0.29) is 11.9 Å². The van der Waals surface area contributed by atoms with Crippen molar-refractivity contribution in [1.82, 2.24) is 9.88 Å². The molecule has 0 aliphatic carbocycles. The molecule has 1 fully saturated rings. The highest BCUT2D eigenvalue weighted by molar-refractivity contribution is 5.95. The van der Waals surface area contributed by atoms with Crippen LogP contribution in [-0.4, -0.2) is 43.7 Å². The van der Waals surface area contributed by atoms with Gasteiger partial charge in [0, 0.05) is 18.2 Å². The van der Waals surface area contributed by atoms with Crippen molar-refractivity contribution in [2.75, 3.05) is 27.9 Å². The number of hydrogen-bond acceptors (Lipinski definition) is 6. The summed E-state index contributed by atoms with van der Waals surface area (Å²) in [6, 6.07) is 18.8. The summed E-state index contributed by atoms with van der Waals surface area (Å²) >= 11 is 0. The number of amides is 1. The van der Waals surface area contributed by atoms with E-state index < -0.39 is 0 Å². The van der Waals surface area contributed by atoms with Gasteiger partial charge in [-0.25, -0.2) is 4.98 Å². The molecule has 1 aliphatic heterocycles. The predicted octanol–water partition coefficient (Wildman–Crippen LogP) is 5.50. The third-order valence-corrected chi connectivity index (χ3v) is 6.20. The van der Waals surface area contributed by atoms with Gasteiger partial charge in [-0.05, 0) is 60.4 Å². The Labute approximate surface area is 197 Å². The SMILES string of the molecule is COc1cc(OC)cc(C(=O)N2CCC[C@H]2c2nc3cc(-c4cccc(OC)c4)ccc3o2)c1. The van der Waals surface area contributed by atoms with Gasteiger partial charge in [0.1, 0.15) is 28.8 Å². The zero-order valence-corrected chi connectivity index (χ0v) is 19.4. The molecule has 4 aromatic rings. The number of rotatable bonds is 6. The summed E-state index contributed by atoms with van der Waals surface area (Å²) in [7, 11) is 4.79. The number of ether oxygens (including phenoxy) is 3. The molecule has 3 aromatic carbocycles. The maximum Gasteiger partial charge on any atom is 0.254 e. The van der Waals surface area contributed by atoms with E-state index in [1.54, 1.807) is 39.5 Å². The number of methoxy groups -OCH3 is 3. The van der Waals surface area contributed by atoms with Gasteiger partial charge in [0.25, 0.3) is 5.91 Å². The summed E-state index contributed by atoms with van der Waals surface area (Å²) in [6.07, 6.45) is 1.67. The first-order valence-electron chi connectivity index (χ1n) is 11.2. The van der Waals surface area contributed by atoms with E-state index in [4.69, 9.17) is 23.6 Å². The van der Waals surface area contributed by atoms with Gasteiger partial charge in [-0.2, -0.15) is 0 Å². The molecule has 174 valence electrons. The van der Waals surface area contributed by atoms with Crippen molar-refractivity contribution in [2.45, 2.75) is 18.9 Å². The molecule has 0 spiro atoms. The summed E-state index contributed by atoms with van der Waals surface area (Å²) in [5.41, 5.74) is 4.03. The molecule has 0 radical (unpaired) electrons. The van der Waals surface area contributed by atoms with Gasteiger partial charge in [0.2, 0.25) is 5.89 Å². The summed E-state index contributed by atoms with van der Waals surface area (Å²) in [4.78, 5) is 20.0. The second-order valence-corrected chi connectivity index (χ2v) is 8.22. The van der Waals surface area contributed by atoms with Crippen LogP contribution < -0.4 is 14.2 Å². The highest BCUT2D eigenvalue weighted by Gasteiger charge is 2.34. The molecule has 1 aromatic heterocycles. The van der Waals surface area contributed by atoms with Gasteiger partial charge < -0.3 is 23.5 Å². The fourth-order valence-electron chi connectivity index (χ4n) is 4.43. The first-order chi connectivity index (χ1) is 16.6. The van der Waals surface area contributed by atoms with E-state index in [1.807, 2.05) is 47.4 Å². The van der Waals surface area contributed by atoms with E-state index in [9.17, 15) is 4.79 Å². The molecule has 34 heavy (non-hydrogen) atoms. The Morgan fingerprint density at radius 2 is 1.65 bits per heavy atom. The number of benzene rings is 3. The lowest BCUT2D eigenvalue weighted by atomic mass is 10.1. The number of aromatic nitrogens is 1. The van der Waals surface area contributed by atoms with Gasteiger partial charge in [0.15, 0.2) is 5.58 Å². The maximum absolute atomic E-state index is 13.4. The Bertz CT molecular complexity index is 1320. The van der Waals surface area contributed by atoms with E-state index >= 15 is 0 Å². The Balaban J connectivity index is 1.45. The topological polar surface area (TPSA) is 74.0 Å². The van der Waals surface area contributed by atoms with Crippen molar-refractivity contribution in [1.29, 1.82) is 0 Å². The summed E-state index contributed by atoms with van der Waals surface area (Å²) in [5.74, 6) is 2.40. The number of oxazole rings is 1. The quantitative estimate of drug-likeness (QED) is 0.380. The zero-order chi connectivity index (χ0) is 23.7. The van der Waals surface area contributed by atoms with Crippen molar-refractivity contribution < 1.29 is 23.4 Å². The lowest BCUT2D eigenvalue weighted by Gasteiger charge is -2.22. The van der Waals surface area contributed by atoms with E-state index in [0.717, 1.165) is 35.2 Å². The average Bonchev–Trinajstić information content (AvgIpc) is 3.54. The van der Waals surface area contributed by atoms with Crippen molar-refractivity contribution in [3.63, 3.8) is 0 Å². The first kappa shape index (κ1) is 21.8. The van der Waals surface area contributed by atoms with E-state index in [2.05, 4.69) is 0 Å². The van der Waals surface area contributed by atoms with Gasteiger partial charge in [-0.1, -0.05) is 18.2 Å². The standard InChI is InChI=1S/C27H26N2O5/c1-31-20-7-4-6-17(12-20)18-9-10-25-23(15-18)28-26(34-25)24-8-5-11-29(24)27(30)19-13-21(32-2)16-22(14-19)33-3/h4,6-7,9-10,12-16,24H,5,8,11H2,1-3H3/t24-/m0/s1. The van der Waals surface area contributed by atoms with Crippen LogP contribution in [0.4, 0.5) is 0 Å². The van der Waals surface area contributed by atoms with Crippen molar-refractivity contribution in [3.8, 4) is 28.4 Å². The summed E-state index contributed by atoms with van der Waals surface area (Å²) in [5, 5.41) is 0. The minimum atomic E-state index is -0.225. The molecule has 1 atom stereocenters. The first-order valence-corrected chi connectivity index (χ1v) is 11.2. The van der Waals surface area contributed by atoms with Gasteiger partial charge in [-0.15, -0.1) is 0 Å². The molecule has 0 N–H and O–H groups in total. The number of fused-ring (bicyclic) bond motifs is 1. The fraction of sp³-hybridized carbons (Fsp3) is 0.259. The Morgan fingerprint density at radius 3 is 2.38 bits per heavy atom. The number of likely N-dealkylation sites (tertiary alicyclic amines) is 1. The van der Waals surface area contributed by atoms with Crippen molar-refractivity contribution in [2.24, 2.45) is 0 Å². The molecule has 1 saturated heterocycles. The van der Waals surface area contributed by atoms with E-state index in [0.29, 0.717) is 35.1 Å². The molecular weight excluding hydrogens is 432 g/mol. The van der Waals surface area contributed by atoms with E-state index in [1.165, 1.54) is 0 Å². The Morgan fingerprint density at radius 1 is 0.912 bits per heavy atom. The number of hydrogen-bond donors (Lipinski definition) is 0. The third kappa shape index (κ3) is 4.05. The van der Waals surface area contributed by atoms with Crippen LogP contribution in [0.3, 0.4) is 0 Å². The second kappa shape index (κ2) is 9.09. The number of carbonyl (C=O) groups excluding carboxylic acids is 1. The van der Waals surface area contributed by atoms with Crippen molar-refractivity contribution in [3.05, 3.63) is 72.1 Å². The average molecular weight is 459 g/mol. The monoisotopic (exact) mass is 458 g/mol. The van der Waals surface area contributed by atoms with Gasteiger partial charge in [-0.3, -0.25) is 4.79 Å². The van der Waals surface area contributed by atoms with Crippen LogP contribution in [0.15, 0.2) is 65.1 Å². The molecule has 0 bridgehead atoms. The second-order valence-electron chi connectivity index (χ2n) is 8.22. The molecular formula is C27H26N2O5. The lowest BCUT2D eigenvalue weighted by molar-refractivity contribution is 0.0716. The maximum atomic E-state index is 13.4. The van der Waals surface area contributed by atoms with Crippen LogP contribution in [0.25, 0.3) is 22.2 Å². The minimum Gasteiger partial charge on any atom is -0.497 e. The molecule has 0 saturated carbocycles. The van der Waals surface area contributed by atoms with Crippen LogP contribution in [0.2, 0.25) is 0 Å². The molecule has 1 amide bonds. The highest BCUT2D eigenvalue weighted by atomic mass is 16.5. The Hall–Kier alpha value is -4.00. The zero-order valence-electron chi connectivity index (χ0n) is 19.4. The van der Waals surface area contributed by atoms with Crippen LogP contribution in [-0.2, 0) is 0 Å². The minimum absolute atomic E-state index is 0.0981. The summed E-state index contributed by atoms with van der Waals surface area (Å²) in [6.45, 7) is 0.636. The summed E-state index contributed by atoms with van der Waals surface area (Å²) < 4.78 is 22.1. The number of carbonyl (C=O) groups is 1. The largest absolute Gasteiger partial charge is 0.497 e. The molecule has 0 unspecified atom stereocenters. The Kier molecular flexibility index (Phi) is 5.84. The van der Waals surface area contributed by atoms with Crippen molar-refractivity contribution >= 4 is 17.0 Å². The molecule has 7 heteroatoms. The normalized spacial score (nSPS) is 15.5. The molecule has 5 rings (SSSR count). The lowest BCUT2D eigenvalue weighted by Crippen LogP contribution is -2.30. The molecule has 1 aliphatic rings.